The highest BCUT2D eigenvalue weighted by atomic mass is 35.5. The number of alkyl halides is 2. The summed E-state index contributed by atoms with van der Waals surface area (Å²) in [6, 6.07) is 1.87. The Kier molecular flexibility index (Phi) is 5.42. The van der Waals surface area contributed by atoms with Gasteiger partial charge in [0, 0.05) is 19.7 Å². The van der Waals surface area contributed by atoms with Crippen LogP contribution in [0.25, 0.3) is 5.82 Å². The third-order valence-corrected chi connectivity index (χ3v) is 4.94. The summed E-state index contributed by atoms with van der Waals surface area (Å²) in [7, 11) is 1.16. The van der Waals surface area contributed by atoms with Crippen molar-refractivity contribution in [1.82, 2.24) is 14.1 Å². The molecule has 2 rings (SSSR count). The van der Waals surface area contributed by atoms with Gasteiger partial charge in [0.1, 0.15) is 16.5 Å². The zero-order valence-electron chi connectivity index (χ0n) is 15.7. The van der Waals surface area contributed by atoms with Gasteiger partial charge in [-0.3, -0.25) is 9.36 Å². The van der Waals surface area contributed by atoms with Crippen LogP contribution >= 0.6 is 11.6 Å². The Balaban J connectivity index is 2.86. The highest BCUT2D eigenvalue weighted by Crippen LogP contribution is 2.30. The minimum Gasteiger partial charge on any atom is -0.293 e. The Labute approximate surface area is 155 Å². The summed E-state index contributed by atoms with van der Waals surface area (Å²) < 4.78 is 29.0. The molecule has 26 heavy (non-hydrogen) atoms. The summed E-state index contributed by atoms with van der Waals surface area (Å²) in [6.07, 6.45) is 0.912. The largest absolute Gasteiger partial charge is 0.337 e. The third-order valence-electron chi connectivity index (χ3n) is 4.60. The maximum atomic E-state index is 13.8. The lowest BCUT2D eigenvalue weighted by Crippen LogP contribution is -2.42. The molecule has 0 aliphatic heterocycles. The summed E-state index contributed by atoms with van der Waals surface area (Å²) in [4.78, 5) is 29.6. The van der Waals surface area contributed by atoms with Gasteiger partial charge >= 0.3 is 5.69 Å². The maximum absolute atomic E-state index is 13.8. The molecule has 0 aromatic carbocycles. The number of hydrogen-bond donors (Lipinski definition) is 0. The van der Waals surface area contributed by atoms with Crippen LogP contribution in [0.1, 0.15) is 55.6 Å². The summed E-state index contributed by atoms with van der Waals surface area (Å²) in [5.41, 5.74) is -0.440. The summed E-state index contributed by atoms with van der Waals surface area (Å²) in [5, 5.41) is -0.690. The average molecular weight is 386 g/mol. The molecule has 0 saturated heterocycles. The standard InChI is InChI=1S/C18H22ClF2N3O2/c1-7-9(2)12-8-10(3)15(22-11(12)4)24-16(25)13(19)14(18(5,20)21)23(6)17(24)26/h8-9H,7H2,1-6H3. The fourth-order valence-electron chi connectivity index (χ4n) is 3.01. The van der Waals surface area contributed by atoms with E-state index in [-0.39, 0.29) is 11.7 Å². The number of hydrogen-bond acceptors (Lipinski definition) is 3. The molecule has 1 atom stereocenters. The van der Waals surface area contributed by atoms with E-state index in [1.54, 1.807) is 13.8 Å². The molecule has 0 N–H and O–H groups in total. The molecule has 8 heteroatoms. The van der Waals surface area contributed by atoms with Crippen LogP contribution in [-0.4, -0.2) is 14.1 Å². The minimum absolute atomic E-state index is 0.105. The van der Waals surface area contributed by atoms with Gasteiger partial charge in [-0.2, -0.15) is 8.78 Å². The number of halogens is 3. The molecule has 0 aliphatic carbocycles. The molecule has 0 saturated carbocycles. The predicted octanol–water partition coefficient (Wildman–Crippen LogP) is 3.83. The molecule has 0 amide bonds. The second kappa shape index (κ2) is 6.95. The van der Waals surface area contributed by atoms with Gasteiger partial charge in [-0.05, 0) is 37.3 Å². The smallest absolute Gasteiger partial charge is 0.293 e. The molecule has 0 fully saturated rings. The highest BCUT2D eigenvalue weighted by Gasteiger charge is 2.34. The molecule has 2 aromatic heterocycles. The van der Waals surface area contributed by atoms with Crippen LogP contribution in [0.2, 0.25) is 5.02 Å². The molecule has 5 nitrogen and oxygen atoms in total. The van der Waals surface area contributed by atoms with E-state index < -0.39 is 27.9 Å². The van der Waals surface area contributed by atoms with E-state index in [4.69, 9.17) is 11.6 Å². The molecular formula is C18H22ClF2N3O2. The number of aryl methyl sites for hydroxylation is 2. The Morgan fingerprint density at radius 2 is 1.88 bits per heavy atom. The van der Waals surface area contributed by atoms with E-state index in [9.17, 15) is 18.4 Å². The van der Waals surface area contributed by atoms with Gasteiger partial charge in [-0.1, -0.05) is 31.5 Å². The molecule has 0 spiro atoms. The monoisotopic (exact) mass is 385 g/mol. The number of nitrogens with zero attached hydrogens (tertiary/aromatic N) is 3. The van der Waals surface area contributed by atoms with E-state index >= 15 is 0 Å². The lowest BCUT2D eigenvalue weighted by atomic mass is 9.96. The fourth-order valence-corrected chi connectivity index (χ4v) is 3.39. The van der Waals surface area contributed by atoms with Gasteiger partial charge in [-0.25, -0.2) is 14.3 Å². The van der Waals surface area contributed by atoms with Crippen molar-refractivity contribution >= 4 is 11.6 Å². The van der Waals surface area contributed by atoms with Gasteiger partial charge in [0.05, 0.1) is 0 Å². The average Bonchev–Trinajstić information content (AvgIpc) is 2.54. The van der Waals surface area contributed by atoms with Crippen LogP contribution in [0.3, 0.4) is 0 Å². The fraction of sp³-hybridized carbons (Fsp3) is 0.500. The maximum Gasteiger partial charge on any atom is 0.337 e. The van der Waals surface area contributed by atoms with Gasteiger partial charge in [-0.15, -0.1) is 0 Å². The topological polar surface area (TPSA) is 56.9 Å². The molecule has 2 heterocycles. The number of rotatable bonds is 4. The third kappa shape index (κ3) is 3.32. The van der Waals surface area contributed by atoms with Crippen LogP contribution in [0, 0.1) is 13.8 Å². The Morgan fingerprint density at radius 1 is 1.31 bits per heavy atom. The summed E-state index contributed by atoms with van der Waals surface area (Å²) in [6.45, 7) is 8.21. The molecule has 142 valence electrons. The van der Waals surface area contributed by atoms with Crippen molar-refractivity contribution < 1.29 is 8.78 Å². The quantitative estimate of drug-likeness (QED) is 0.803. The number of pyridine rings is 1. The number of aromatic nitrogens is 3. The lowest BCUT2D eigenvalue weighted by molar-refractivity contribution is 0.00839. The van der Waals surface area contributed by atoms with Crippen molar-refractivity contribution in [3.63, 3.8) is 0 Å². The predicted molar refractivity (Wildman–Crippen MR) is 97.8 cm³/mol. The van der Waals surface area contributed by atoms with E-state index in [1.165, 1.54) is 0 Å². The van der Waals surface area contributed by atoms with Crippen molar-refractivity contribution in [3.8, 4) is 5.82 Å². The lowest BCUT2D eigenvalue weighted by Gasteiger charge is -2.20. The first-order valence-corrected chi connectivity index (χ1v) is 8.67. The van der Waals surface area contributed by atoms with Gasteiger partial charge in [0.15, 0.2) is 0 Å². The van der Waals surface area contributed by atoms with E-state index in [0.29, 0.717) is 22.7 Å². The van der Waals surface area contributed by atoms with Crippen molar-refractivity contribution in [3.05, 3.63) is 54.4 Å². The van der Waals surface area contributed by atoms with Crippen molar-refractivity contribution in [1.29, 1.82) is 0 Å². The van der Waals surface area contributed by atoms with Crippen molar-refractivity contribution in [2.45, 2.75) is 52.9 Å². The summed E-state index contributed by atoms with van der Waals surface area (Å²) >= 11 is 5.91. The Bertz CT molecular complexity index is 937. The van der Waals surface area contributed by atoms with Crippen LogP contribution in [0.4, 0.5) is 8.78 Å². The molecule has 2 aromatic rings. The van der Waals surface area contributed by atoms with E-state index in [1.807, 2.05) is 6.07 Å². The van der Waals surface area contributed by atoms with Gasteiger partial charge in [0.25, 0.3) is 11.5 Å². The summed E-state index contributed by atoms with van der Waals surface area (Å²) in [5.74, 6) is -3.06. The van der Waals surface area contributed by atoms with Crippen LogP contribution in [-0.2, 0) is 13.0 Å². The SMILES string of the molecule is CCC(C)c1cc(C)c(-n2c(=O)c(Cl)c(C(C)(F)F)n(C)c2=O)nc1C. The van der Waals surface area contributed by atoms with E-state index in [0.717, 1.165) is 23.6 Å². The molecule has 0 aliphatic rings. The van der Waals surface area contributed by atoms with Crippen LogP contribution in [0.5, 0.6) is 0 Å². The second-order valence-electron chi connectivity index (χ2n) is 6.65. The molecule has 0 bridgehead atoms. The first kappa shape index (κ1) is 20.3. The Morgan fingerprint density at radius 3 is 2.38 bits per heavy atom. The van der Waals surface area contributed by atoms with Crippen LogP contribution < -0.4 is 11.2 Å². The van der Waals surface area contributed by atoms with E-state index in [2.05, 4.69) is 18.8 Å². The zero-order chi connectivity index (χ0) is 20.0. The normalized spacial score (nSPS) is 13.1. The minimum atomic E-state index is -3.43. The zero-order valence-corrected chi connectivity index (χ0v) is 16.4. The molecule has 0 radical (unpaired) electrons. The van der Waals surface area contributed by atoms with Crippen molar-refractivity contribution in [2.24, 2.45) is 7.05 Å². The highest BCUT2D eigenvalue weighted by molar-refractivity contribution is 6.31. The van der Waals surface area contributed by atoms with Crippen molar-refractivity contribution in [2.75, 3.05) is 0 Å². The van der Waals surface area contributed by atoms with Crippen LogP contribution in [0.15, 0.2) is 15.7 Å². The molecule has 1 unspecified atom stereocenters. The van der Waals surface area contributed by atoms with Gasteiger partial charge < -0.3 is 0 Å². The Hall–Kier alpha value is -2.02. The van der Waals surface area contributed by atoms with Gasteiger partial charge in [0.2, 0.25) is 0 Å². The first-order chi connectivity index (χ1) is 11.9. The first-order valence-electron chi connectivity index (χ1n) is 8.30. The molecular weight excluding hydrogens is 364 g/mol. The second-order valence-corrected chi connectivity index (χ2v) is 7.02.